The Balaban J connectivity index is 1.85. The highest BCUT2D eigenvalue weighted by Gasteiger charge is 2.18. The van der Waals surface area contributed by atoms with Crippen molar-refractivity contribution in [2.24, 2.45) is 0 Å². The quantitative estimate of drug-likeness (QED) is 0.563. The summed E-state index contributed by atoms with van der Waals surface area (Å²) in [6.45, 7) is 3.55. The van der Waals surface area contributed by atoms with Crippen LogP contribution in [-0.4, -0.2) is 27.4 Å². The molecule has 0 unspecified atom stereocenters. The minimum absolute atomic E-state index is 0.0401. The SMILES string of the molecule is COC(=O)c1cccc(NC(=O)c2cccc(S(=O)(=O)Nc3cccc(C)c3)c2)c1C. The van der Waals surface area contributed by atoms with Crippen molar-refractivity contribution >= 4 is 33.3 Å². The second-order valence-corrected chi connectivity index (χ2v) is 8.61. The molecule has 0 aliphatic heterocycles. The van der Waals surface area contributed by atoms with Gasteiger partial charge in [0.15, 0.2) is 0 Å². The molecule has 0 heterocycles. The number of carbonyl (C=O) groups excluding carboxylic acids is 2. The van der Waals surface area contributed by atoms with Crippen molar-refractivity contribution in [2.45, 2.75) is 18.7 Å². The number of hydrogen-bond donors (Lipinski definition) is 2. The predicted octanol–water partition coefficient (Wildman–Crippen LogP) is 4.14. The molecule has 0 saturated carbocycles. The van der Waals surface area contributed by atoms with E-state index in [0.29, 0.717) is 22.5 Å². The Morgan fingerprint density at radius 3 is 2.32 bits per heavy atom. The van der Waals surface area contributed by atoms with Crippen LogP contribution in [-0.2, 0) is 14.8 Å². The standard InChI is InChI=1S/C23H22N2O5S/c1-15-7-4-9-18(13-15)25-31(28,29)19-10-5-8-17(14-19)22(26)24-21-12-6-11-20(16(21)2)23(27)30-3/h4-14,25H,1-3H3,(H,24,26). The van der Waals surface area contributed by atoms with E-state index in [0.717, 1.165) is 5.56 Å². The van der Waals surface area contributed by atoms with Crippen LogP contribution < -0.4 is 10.0 Å². The van der Waals surface area contributed by atoms with Crippen molar-refractivity contribution in [3.8, 4) is 0 Å². The van der Waals surface area contributed by atoms with Gasteiger partial charge in [0.05, 0.1) is 17.6 Å². The molecule has 3 aromatic carbocycles. The maximum absolute atomic E-state index is 12.8. The van der Waals surface area contributed by atoms with Gasteiger partial charge < -0.3 is 10.1 Å². The topological polar surface area (TPSA) is 102 Å². The van der Waals surface area contributed by atoms with Crippen LogP contribution in [0.3, 0.4) is 0 Å². The van der Waals surface area contributed by atoms with Gasteiger partial charge in [-0.1, -0.05) is 24.3 Å². The van der Waals surface area contributed by atoms with E-state index in [1.807, 2.05) is 13.0 Å². The Labute approximate surface area is 181 Å². The molecule has 7 nitrogen and oxygen atoms in total. The third kappa shape index (κ3) is 5.10. The highest BCUT2D eigenvalue weighted by molar-refractivity contribution is 7.92. The van der Waals surface area contributed by atoms with Gasteiger partial charge in [0, 0.05) is 16.9 Å². The molecule has 0 fully saturated rings. The van der Waals surface area contributed by atoms with Crippen LogP contribution in [0.2, 0.25) is 0 Å². The maximum atomic E-state index is 12.8. The zero-order valence-electron chi connectivity index (χ0n) is 17.3. The number of rotatable bonds is 6. The molecule has 160 valence electrons. The molecule has 3 aromatic rings. The first kappa shape index (κ1) is 22.0. The fourth-order valence-electron chi connectivity index (χ4n) is 3.02. The number of methoxy groups -OCH3 is 1. The van der Waals surface area contributed by atoms with Crippen molar-refractivity contribution in [3.05, 3.63) is 89.0 Å². The zero-order chi connectivity index (χ0) is 22.6. The molecule has 31 heavy (non-hydrogen) atoms. The number of benzene rings is 3. The largest absolute Gasteiger partial charge is 0.465 e. The molecular formula is C23H22N2O5S. The Hall–Kier alpha value is -3.65. The van der Waals surface area contributed by atoms with Gasteiger partial charge in [-0.05, 0) is 67.4 Å². The second-order valence-electron chi connectivity index (χ2n) is 6.93. The minimum atomic E-state index is -3.88. The zero-order valence-corrected chi connectivity index (χ0v) is 18.1. The van der Waals surface area contributed by atoms with Crippen molar-refractivity contribution < 1.29 is 22.7 Å². The predicted molar refractivity (Wildman–Crippen MR) is 119 cm³/mol. The molecule has 8 heteroatoms. The Morgan fingerprint density at radius 2 is 1.61 bits per heavy atom. The summed E-state index contributed by atoms with van der Waals surface area (Å²) in [5.41, 5.74) is 2.82. The molecule has 1 amide bonds. The van der Waals surface area contributed by atoms with Gasteiger partial charge in [0.2, 0.25) is 0 Å². The normalized spacial score (nSPS) is 10.9. The number of esters is 1. The van der Waals surface area contributed by atoms with Crippen molar-refractivity contribution in [1.82, 2.24) is 0 Å². The molecule has 3 rings (SSSR count). The number of nitrogens with one attached hydrogen (secondary N) is 2. The van der Waals surface area contributed by atoms with E-state index < -0.39 is 21.9 Å². The van der Waals surface area contributed by atoms with E-state index in [4.69, 9.17) is 4.74 Å². The lowest BCUT2D eigenvalue weighted by atomic mass is 10.1. The molecule has 0 aliphatic carbocycles. The van der Waals surface area contributed by atoms with Crippen molar-refractivity contribution in [3.63, 3.8) is 0 Å². The summed E-state index contributed by atoms with van der Waals surface area (Å²) in [6.07, 6.45) is 0. The monoisotopic (exact) mass is 438 g/mol. The third-order valence-corrected chi connectivity index (χ3v) is 6.04. The third-order valence-electron chi connectivity index (χ3n) is 4.66. The summed E-state index contributed by atoms with van der Waals surface area (Å²) in [7, 11) is -2.60. The summed E-state index contributed by atoms with van der Waals surface area (Å²) in [5.74, 6) is -1.01. The van der Waals surface area contributed by atoms with Crippen LogP contribution >= 0.6 is 0 Å². The lowest BCUT2D eigenvalue weighted by molar-refractivity contribution is 0.0599. The first-order valence-corrected chi connectivity index (χ1v) is 10.9. The average molecular weight is 439 g/mol. The van der Waals surface area contributed by atoms with E-state index in [2.05, 4.69) is 10.0 Å². The minimum Gasteiger partial charge on any atom is -0.465 e. The van der Waals surface area contributed by atoms with E-state index in [9.17, 15) is 18.0 Å². The number of ether oxygens (including phenoxy) is 1. The van der Waals surface area contributed by atoms with Gasteiger partial charge in [0.25, 0.3) is 15.9 Å². The first-order chi connectivity index (χ1) is 14.7. The number of sulfonamides is 1. The van der Waals surface area contributed by atoms with Crippen LogP contribution in [0.15, 0.2) is 71.6 Å². The number of hydrogen-bond acceptors (Lipinski definition) is 5. The number of carbonyl (C=O) groups is 2. The van der Waals surface area contributed by atoms with Crippen LogP contribution in [0.4, 0.5) is 11.4 Å². The maximum Gasteiger partial charge on any atom is 0.338 e. The van der Waals surface area contributed by atoms with Crippen LogP contribution in [0.1, 0.15) is 31.8 Å². The molecule has 0 spiro atoms. The van der Waals surface area contributed by atoms with Gasteiger partial charge in [-0.25, -0.2) is 13.2 Å². The highest BCUT2D eigenvalue weighted by Crippen LogP contribution is 2.22. The smallest absolute Gasteiger partial charge is 0.338 e. The molecule has 0 radical (unpaired) electrons. The number of anilines is 2. The molecule has 2 N–H and O–H groups in total. The lowest BCUT2D eigenvalue weighted by Crippen LogP contribution is -2.17. The molecule has 0 atom stereocenters. The number of amides is 1. The van der Waals surface area contributed by atoms with Gasteiger partial charge in [0.1, 0.15) is 0 Å². The molecule has 0 aromatic heterocycles. The molecule has 0 bridgehead atoms. The van der Waals surface area contributed by atoms with Crippen molar-refractivity contribution in [2.75, 3.05) is 17.1 Å². The van der Waals surface area contributed by atoms with E-state index in [-0.39, 0.29) is 10.5 Å². The first-order valence-electron chi connectivity index (χ1n) is 9.40. The van der Waals surface area contributed by atoms with Crippen LogP contribution in [0.5, 0.6) is 0 Å². The molecule has 0 saturated heterocycles. The second kappa shape index (κ2) is 9.01. The van der Waals surface area contributed by atoms with Gasteiger partial charge in [-0.3, -0.25) is 9.52 Å². The molecular weight excluding hydrogens is 416 g/mol. The van der Waals surface area contributed by atoms with Gasteiger partial charge >= 0.3 is 5.97 Å². The lowest BCUT2D eigenvalue weighted by Gasteiger charge is -2.12. The number of aryl methyl sites for hydroxylation is 1. The van der Waals surface area contributed by atoms with Gasteiger partial charge in [-0.15, -0.1) is 0 Å². The van der Waals surface area contributed by atoms with Gasteiger partial charge in [-0.2, -0.15) is 0 Å². The average Bonchev–Trinajstić information content (AvgIpc) is 2.74. The summed E-state index contributed by atoms with van der Waals surface area (Å²) in [4.78, 5) is 24.6. The molecule has 0 aliphatic rings. The van der Waals surface area contributed by atoms with Crippen LogP contribution in [0, 0.1) is 13.8 Å². The summed E-state index contributed by atoms with van der Waals surface area (Å²) in [5, 5.41) is 2.72. The fraction of sp³-hybridized carbons (Fsp3) is 0.130. The Bertz CT molecular complexity index is 1250. The Kier molecular flexibility index (Phi) is 6.41. The highest BCUT2D eigenvalue weighted by atomic mass is 32.2. The van der Waals surface area contributed by atoms with E-state index >= 15 is 0 Å². The van der Waals surface area contributed by atoms with E-state index in [1.165, 1.54) is 31.4 Å². The summed E-state index contributed by atoms with van der Waals surface area (Å²) >= 11 is 0. The summed E-state index contributed by atoms with van der Waals surface area (Å²) in [6, 6.07) is 17.6. The Morgan fingerprint density at radius 1 is 0.903 bits per heavy atom. The van der Waals surface area contributed by atoms with E-state index in [1.54, 1.807) is 43.3 Å². The fourth-order valence-corrected chi connectivity index (χ4v) is 4.12. The van der Waals surface area contributed by atoms with Crippen molar-refractivity contribution in [1.29, 1.82) is 0 Å². The van der Waals surface area contributed by atoms with Crippen LogP contribution in [0.25, 0.3) is 0 Å². The summed E-state index contributed by atoms with van der Waals surface area (Å²) < 4.78 is 32.8.